The zero-order valence-electron chi connectivity index (χ0n) is 23.5. The van der Waals surface area contributed by atoms with Crippen LogP contribution >= 0.6 is 0 Å². The van der Waals surface area contributed by atoms with Crippen molar-refractivity contribution in [2.75, 3.05) is 0 Å². The second-order valence-corrected chi connectivity index (χ2v) is 14.6. The van der Waals surface area contributed by atoms with Gasteiger partial charge < -0.3 is 5.11 Å². The molecule has 0 saturated heterocycles. The standard InChI is InChI=1S/C31H50O2/c1-28(2,3)22-16-20(17-23(26(22)32)29(4,5)6)14-13-15-21-18-24(30(7,8)9)27(33)25(19-21)31(10,11)12/h14-16,18,23,25-26,32H,13,17,19H2,1-12H3/b20-14+,21-15+. The maximum atomic E-state index is 13.2. The van der Waals surface area contributed by atoms with Crippen molar-refractivity contribution < 1.29 is 9.90 Å². The van der Waals surface area contributed by atoms with Gasteiger partial charge in [0.15, 0.2) is 5.78 Å². The first-order valence-corrected chi connectivity index (χ1v) is 12.8. The third-order valence-electron chi connectivity index (χ3n) is 7.44. The van der Waals surface area contributed by atoms with Crippen LogP contribution < -0.4 is 0 Å². The lowest BCUT2D eigenvalue weighted by Crippen LogP contribution is -2.39. The first-order chi connectivity index (χ1) is 14.7. The highest BCUT2D eigenvalue weighted by atomic mass is 16.3. The minimum atomic E-state index is -0.394. The molecule has 0 saturated carbocycles. The van der Waals surface area contributed by atoms with Crippen molar-refractivity contribution in [3.05, 3.63) is 46.6 Å². The summed E-state index contributed by atoms with van der Waals surface area (Å²) >= 11 is 0. The van der Waals surface area contributed by atoms with E-state index in [1.807, 2.05) is 0 Å². The number of aliphatic hydroxyl groups is 1. The molecule has 1 N–H and O–H groups in total. The molecule has 0 aromatic carbocycles. The van der Waals surface area contributed by atoms with E-state index in [1.54, 1.807) is 0 Å². The summed E-state index contributed by atoms with van der Waals surface area (Å²) in [6, 6.07) is 0. The van der Waals surface area contributed by atoms with E-state index in [0.717, 1.165) is 30.4 Å². The minimum absolute atomic E-state index is 0.0260. The lowest BCUT2D eigenvalue weighted by atomic mass is 9.65. The summed E-state index contributed by atoms with van der Waals surface area (Å²) < 4.78 is 0. The Balaban J connectivity index is 2.40. The highest BCUT2D eigenvalue weighted by Gasteiger charge is 2.40. The Kier molecular flexibility index (Phi) is 7.87. The third kappa shape index (κ3) is 6.81. The first-order valence-electron chi connectivity index (χ1n) is 12.8. The number of carbonyl (C=O) groups excluding carboxylic acids is 1. The van der Waals surface area contributed by atoms with Gasteiger partial charge in [-0.1, -0.05) is 119 Å². The summed E-state index contributed by atoms with van der Waals surface area (Å²) in [5.41, 5.74) is 4.46. The van der Waals surface area contributed by atoms with Gasteiger partial charge in [-0.15, -0.1) is 0 Å². The van der Waals surface area contributed by atoms with Gasteiger partial charge in [0.05, 0.1) is 6.10 Å². The predicted octanol–water partition coefficient (Wildman–Crippen LogP) is 8.24. The van der Waals surface area contributed by atoms with Crippen molar-refractivity contribution in [3.63, 3.8) is 0 Å². The van der Waals surface area contributed by atoms with Crippen LogP contribution in [0.4, 0.5) is 0 Å². The Labute approximate surface area is 204 Å². The molecular weight excluding hydrogens is 404 g/mol. The van der Waals surface area contributed by atoms with Crippen LogP contribution in [0.15, 0.2) is 46.6 Å². The lowest BCUT2D eigenvalue weighted by Gasteiger charge is -2.42. The van der Waals surface area contributed by atoms with Crippen LogP contribution in [-0.4, -0.2) is 17.0 Å². The minimum Gasteiger partial charge on any atom is -0.388 e. The van der Waals surface area contributed by atoms with Crippen molar-refractivity contribution >= 4 is 5.78 Å². The Morgan fingerprint density at radius 1 is 0.788 bits per heavy atom. The molecule has 2 aliphatic rings. The van der Waals surface area contributed by atoms with E-state index in [9.17, 15) is 9.90 Å². The number of rotatable bonds is 2. The second-order valence-electron chi connectivity index (χ2n) is 14.6. The molecule has 0 amide bonds. The van der Waals surface area contributed by atoms with Crippen molar-refractivity contribution in [1.82, 2.24) is 0 Å². The number of ketones is 1. The fraction of sp³-hybridized carbons (Fsp3) is 0.710. The molecule has 2 heteroatoms. The highest BCUT2D eigenvalue weighted by Crippen LogP contribution is 2.45. The van der Waals surface area contributed by atoms with Gasteiger partial charge in [-0.3, -0.25) is 4.79 Å². The van der Waals surface area contributed by atoms with Crippen molar-refractivity contribution in [3.8, 4) is 0 Å². The topological polar surface area (TPSA) is 37.3 Å². The van der Waals surface area contributed by atoms with E-state index in [2.05, 4.69) is 107 Å². The molecule has 0 fully saturated rings. The summed E-state index contributed by atoms with van der Waals surface area (Å²) in [4.78, 5) is 13.2. The second kappa shape index (κ2) is 9.33. The van der Waals surface area contributed by atoms with Gasteiger partial charge >= 0.3 is 0 Å². The van der Waals surface area contributed by atoms with E-state index in [-0.39, 0.29) is 33.5 Å². The molecule has 0 aromatic heterocycles. The Bertz CT molecular complexity index is 864. The Morgan fingerprint density at radius 2 is 1.30 bits per heavy atom. The van der Waals surface area contributed by atoms with Crippen molar-refractivity contribution in [2.45, 2.75) is 108 Å². The van der Waals surface area contributed by atoms with Crippen LogP contribution in [-0.2, 0) is 4.79 Å². The van der Waals surface area contributed by atoms with E-state index < -0.39 is 6.10 Å². The molecule has 2 rings (SSSR count). The summed E-state index contributed by atoms with van der Waals surface area (Å²) in [5, 5.41) is 11.1. The van der Waals surface area contributed by atoms with E-state index in [4.69, 9.17) is 0 Å². The molecule has 33 heavy (non-hydrogen) atoms. The Morgan fingerprint density at radius 3 is 1.73 bits per heavy atom. The molecule has 2 nitrogen and oxygen atoms in total. The molecule has 0 aliphatic heterocycles. The average Bonchev–Trinajstić information content (AvgIpc) is 2.60. The van der Waals surface area contributed by atoms with Gasteiger partial charge in [0, 0.05) is 11.5 Å². The van der Waals surface area contributed by atoms with E-state index in [0.29, 0.717) is 5.78 Å². The van der Waals surface area contributed by atoms with Gasteiger partial charge in [0.25, 0.3) is 0 Å². The quantitative estimate of drug-likeness (QED) is 0.456. The smallest absolute Gasteiger partial charge is 0.163 e. The van der Waals surface area contributed by atoms with Gasteiger partial charge in [-0.2, -0.15) is 0 Å². The lowest BCUT2D eigenvalue weighted by molar-refractivity contribution is -0.123. The third-order valence-corrected chi connectivity index (χ3v) is 7.44. The number of hydrogen-bond acceptors (Lipinski definition) is 2. The summed E-state index contributed by atoms with van der Waals surface area (Å²) in [7, 11) is 0. The zero-order chi connectivity index (χ0) is 25.6. The van der Waals surface area contributed by atoms with Crippen molar-refractivity contribution in [2.24, 2.45) is 33.5 Å². The van der Waals surface area contributed by atoms with Crippen LogP contribution in [0.2, 0.25) is 0 Å². The number of carbonyl (C=O) groups is 1. The van der Waals surface area contributed by atoms with Gasteiger partial charge in [0.1, 0.15) is 0 Å². The van der Waals surface area contributed by atoms with Crippen LogP contribution in [0.3, 0.4) is 0 Å². The molecule has 3 atom stereocenters. The van der Waals surface area contributed by atoms with Gasteiger partial charge in [0.2, 0.25) is 0 Å². The number of hydrogen-bond donors (Lipinski definition) is 1. The van der Waals surface area contributed by atoms with Gasteiger partial charge in [-0.05, 0) is 52.4 Å². The molecule has 0 heterocycles. The highest BCUT2D eigenvalue weighted by molar-refractivity contribution is 6.00. The fourth-order valence-electron chi connectivity index (χ4n) is 5.13. The van der Waals surface area contributed by atoms with E-state index >= 15 is 0 Å². The van der Waals surface area contributed by atoms with Crippen LogP contribution in [0.25, 0.3) is 0 Å². The molecular formula is C31H50O2. The number of Topliss-reactive ketones (excluding diaryl/α,β-unsaturated/α-hetero) is 1. The summed E-state index contributed by atoms with van der Waals surface area (Å²) in [6.07, 6.45) is 11.2. The number of allylic oxidation sites excluding steroid dienone is 7. The molecule has 0 aromatic rings. The average molecular weight is 455 g/mol. The molecule has 186 valence electrons. The zero-order valence-corrected chi connectivity index (χ0v) is 23.5. The monoisotopic (exact) mass is 454 g/mol. The molecule has 0 radical (unpaired) electrons. The van der Waals surface area contributed by atoms with E-state index in [1.165, 1.54) is 11.1 Å². The molecule has 0 spiro atoms. The summed E-state index contributed by atoms with van der Waals surface area (Å²) in [6.45, 7) is 26.2. The molecule has 3 unspecified atom stereocenters. The first kappa shape index (κ1) is 27.8. The van der Waals surface area contributed by atoms with Crippen LogP contribution in [0, 0.1) is 33.5 Å². The maximum absolute atomic E-state index is 13.2. The van der Waals surface area contributed by atoms with Gasteiger partial charge in [-0.25, -0.2) is 0 Å². The molecule has 0 bridgehead atoms. The van der Waals surface area contributed by atoms with Crippen molar-refractivity contribution in [1.29, 1.82) is 0 Å². The van der Waals surface area contributed by atoms with Crippen LogP contribution in [0.1, 0.15) is 102 Å². The maximum Gasteiger partial charge on any atom is 0.163 e. The number of aliphatic hydroxyl groups excluding tert-OH is 1. The summed E-state index contributed by atoms with van der Waals surface area (Å²) in [5.74, 6) is 0.552. The normalized spacial score (nSPS) is 28.3. The fourth-order valence-corrected chi connectivity index (χ4v) is 5.13. The molecule has 2 aliphatic carbocycles. The Hall–Kier alpha value is -1.41. The SMILES string of the molecule is CC(C)(C)C1=C/C(=C\C/C=C2\C=C(C(C)(C)C)C(O)C(C(C)(C)C)C2)CC(C(C)(C)C)C1=O. The van der Waals surface area contributed by atoms with Crippen LogP contribution in [0.5, 0.6) is 0 Å². The largest absolute Gasteiger partial charge is 0.388 e. The predicted molar refractivity (Wildman–Crippen MR) is 142 cm³/mol.